The van der Waals surface area contributed by atoms with Crippen LogP contribution in [-0.2, 0) is 16.7 Å². The summed E-state index contributed by atoms with van der Waals surface area (Å²) in [5.41, 5.74) is 2.39. The second-order valence-electron chi connectivity index (χ2n) is 3.59. The monoisotopic (exact) mass is 273 g/mol. The molecule has 0 aromatic heterocycles. The number of hydrogen-bond acceptors (Lipinski definition) is 2. The molecule has 0 fully saturated rings. The lowest BCUT2D eigenvalue weighted by atomic mass is 10.1. The molecule has 0 bridgehead atoms. The van der Waals surface area contributed by atoms with E-state index in [1.807, 2.05) is 12.1 Å². The Morgan fingerprint density at radius 2 is 2.06 bits per heavy atom. The molecule has 4 nitrogen and oxygen atoms in total. The molecule has 0 heterocycles. The normalized spacial score (nSPS) is 12.8. The van der Waals surface area contributed by atoms with Gasteiger partial charge in [0.1, 0.15) is 0 Å². The van der Waals surface area contributed by atoms with Crippen LogP contribution in [0.3, 0.4) is 0 Å². The van der Waals surface area contributed by atoms with E-state index in [0.29, 0.717) is 10.8 Å². The fourth-order valence-corrected chi connectivity index (χ4v) is 2.81. The molecule has 6 heteroatoms. The summed E-state index contributed by atoms with van der Waals surface area (Å²) in [6.07, 6.45) is 0.980. The van der Waals surface area contributed by atoms with E-state index in [9.17, 15) is 4.57 Å². The molecule has 0 atom stereocenters. The maximum absolute atomic E-state index is 10.6. The van der Waals surface area contributed by atoms with Gasteiger partial charge in [-0.3, -0.25) is 0 Å². The van der Waals surface area contributed by atoms with Crippen LogP contribution < -0.4 is 0 Å². The van der Waals surface area contributed by atoms with Gasteiger partial charge in [-0.15, -0.1) is 11.8 Å². The van der Waals surface area contributed by atoms with E-state index in [4.69, 9.17) is 9.79 Å². The van der Waals surface area contributed by atoms with Crippen LogP contribution in [0.5, 0.6) is 0 Å². The summed E-state index contributed by atoms with van der Waals surface area (Å²) in [7, 11) is -4.29. The summed E-state index contributed by atoms with van der Waals surface area (Å²) in [5, 5.41) is 0.403. The molecule has 2 N–H and O–H groups in total. The molecule has 0 aliphatic heterocycles. The van der Waals surface area contributed by atoms with Gasteiger partial charge in [0.25, 0.3) is 0 Å². The van der Waals surface area contributed by atoms with Gasteiger partial charge < -0.3 is 9.79 Å². The molecule has 0 saturated heterocycles. The molecule has 0 saturated carbocycles. The summed E-state index contributed by atoms with van der Waals surface area (Å²) < 4.78 is 14.0. The zero-order valence-corrected chi connectivity index (χ0v) is 11.5. The van der Waals surface area contributed by atoms with Gasteiger partial charge in [0, 0.05) is 5.75 Å². The predicted molar refractivity (Wildman–Crippen MR) is 72.3 cm³/mol. The van der Waals surface area contributed by atoms with Crippen LogP contribution in [0.1, 0.15) is 25.0 Å². The first-order valence-electron chi connectivity index (χ1n) is 5.23. The average molecular weight is 273 g/mol. The van der Waals surface area contributed by atoms with Crippen molar-refractivity contribution in [2.75, 3.05) is 0 Å². The lowest BCUT2D eigenvalue weighted by Gasteiger charge is -2.04. The Labute approximate surface area is 105 Å². The lowest BCUT2D eigenvalue weighted by Crippen LogP contribution is -1.89. The number of thioether (sulfide) groups is 1. The van der Waals surface area contributed by atoms with Gasteiger partial charge in [-0.1, -0.05) is 31.2 Å². The topological polar surface area (TPSA) is 69.9 Å². The van der Waals surface area contributed by atoms with Gasteiger partial charge in [0.2, 0.25) is 0 Å². The molecule has 0 spiro atoms. The first kappa shape index (κ1) is 14.5. The number of nitrogens with zero attached hydrogens (tertiary/aromatic N) is 1. The van der Waals surface area contributed by atoms with Gasteiger partial charge in [-0.25, -0.2) is 4.57 Å². The van der Waals surface area contributed by atoms with Crippen LogP contribution in [0.15, 0.2) is 29.0 Å². The van der Waals surface area contributed by atoms with Crippen molar-refractivity contribution in [3.8, 4) is 0 Å². The van der Waals surface area contributed by atoms with Crippen molar-refractivity contribution in [1.29, 1.82) is 0 Å². The first-order chi connectivity index (χ1) is 7.90. The highest BCUT2D eigenvalue weighted by Gasteiger charge is 2.10. The second kappa shape index (κ2) is 6.36. The Hall–Kier alpha value is -0.610. The number of aryl methyl sites for hydroxylation is 1. The Bertz CT molecular complexity index is 456. The molecule has 0 unspecified atom stereocenters. The minimum Gasteiger partial charge on any atom is -0.307 e. The Morgan fingerprint density at radius 3 is 2.65 bits per heavy atom. The van der Waals surface area contributed by atoms with E-state index in [1.165, 1.54) is 17.3 Å². The Balaban J connectivity index is 2.61. The third-order valence-corrected chi connectivity index (χ3v) is 3.80. The fraction of sp³-hybridized carbons (Fsp3) is 0.364. The number of benzene rings is 1. The van der Waals surface area contributed by atoms with E-state index in [-0.39, 0.29) is 0 Å². The summed E-state index contributed by atoms with van der Waals surface area (Å²) >= 11 is 1.33. The third-order valence-electron chi connectivity index (χ3n) is 2.12. The minimum absolute atomic E-state index is 0.403. The van der Waals surface area contributed by atoms with E-state index < -0.39 is 7.75 Å². The molecule has 1 rings (SSSR count). The minimum atomic E-state index is -4.29. The predicted octanol–water partition coefficient (Wildman–Crippen LogP) is 2.99. The van der Waals surface area contributed by atoms with Crippen LogP contribution in [-0.4, -0.2) is 14.8 Å². The smallest absolute Gasteiger partial charge is 0.307 e. The maximum Gasteiger partial charge on any atom is 0.449 e. The number of hydrogen-bond donors (Lipinski definition) is 2. The van der Waals surface area contributed by atoms with Crippen molar-refractivity contribution in [2.45, 2.75) is 26.0 Å². The van der Waals surface area contributed by atoms with E-state index in [1.54, 1.807) is 6.92 Å². The molecular weight excluding hydrogens is 257 g/mol. The third kappa shape index (κ3) is 6.03. The molecule has 94 valence electrons. The van der Waals surface area contributed by atoms with E-state index in [2.05, 4.69) is 23.8 Å². The zero-order chi connectivity index (χ0) is 12.9. The first-order valence-corrected chi connectivity index (χ1v) is 7.79. The summed E-state index contributed by atoms with van der Waals surface area (Å²) in [6.45, 7) is 3.69. The van der Waals surface area contributed by atoms with Crippen molar-refractivity contribution < 1.29 is 14.4 Å². The lowest BCUT2D eigenvalue weighted by molar-refractivity contribution is 0.375. The van der Waals surface area contributed by atoms with Gasteiger partial charge in [-0.2, -0.15) is 4.76 Å². The van der Waals surface area contributed by atoms with Gasteiger partial charge in [0.15, 0.2) is 0 Å². The van der Waals surface area contributed by atoms with Crippen LogP contribution in [0, 0.1) is 0 Å². The molecule has 1 aromatic carbocycles. The van der Waals surface area contributed by atoms with Crippen LogP contribution in [0.4, 0.5) is 0 Å². The Kier molecular flexibility index (Phi) is 5.40. The van der Waals surface area contributed by atoms with Crippen molar-refractivity contribution in [3.05, 3.63) is 35.4 Å². The maximum atomic E-state index is 10.6. The number of rotatable bonds is 4. The highest BCUT2D eigenvalue weighted by atomic mass is 32.2. The van der Waals surface area contributed by atoms with Crippen molar-refractivity contribution in [3.63, 3.8) is 0 Å². The average Bonchev–Trinajstić information content (AvgIpc) is 2.24. The van der Waals surface area contributed by atoms with Crippen LogP contribution in [0.25, 0.3) is 0 Å². The summed E-state index contributed by atoms with van der Waals surface area (Å²) in [6, 6.07) is 8.14. The molecule has 1 aromatic rings. The molecule has 0 amide bonds. The quantitative estimate of drug-likeness (QED) is 0.502. The zero-order valence-electron chi connectivity index (χ0n) is 9.83. The summed E-state index contributed by atoms with van der Waals surface area (Å²) in [5.74, 6) is 0.670. The molecule has 0 aliphatic carbocycles. The standard InChI is InChI=1S/C11H16NO3PS/c1-3-10-5-4-6-11(7-10)8-17-9(2)12-16(13,14)15/h4-7H,3,8H2,1-2H3,(H2,13,14,15). The molecule has 0 radical (unpaired) electrons. The van der Waals surface area contributed by atoms with Crippen LogP contribution in [0.2, 0.25) is 0 Å². The second-order valence-corrected chi connectivity index (χ2v) is 5.99. The SMILES string of the molecule is CCc1cccc(CSC(C)=NP(=O)(O)O)c1. The highest BCUT2D eigenvalue weighted by molar-refractivity contribution is 8.13. The Morgan fingerprint density at radius 1 is 1.41 bits per heavy atom. The summed E-state index contributed by atoms with van der Waals surface area (Å²) in [4.78, 5) is 17.4. The molecule has 0 aliphatic rings. The van der Waals surface area contributed by atoms with E-state index in [0.717, 1.165) is 12.0 Å². The van der Waals surface area contributed by atoms with Crippen molar-refractivity contribution >= 4 is 24.6 Å². The van der Waals surface area contributed by atoms with Crippen molar-refractivity contribution in [2.24, 2.45) is 4.76 Å². The van der Waals surface area contributed by atoms with Gasteiger partial charge in [-0.05, 0) is 24.5 Å². The van der Waals surface area contributed by atoms with E-state index >= 15 is 0 Å². The molecule has 17 heavy (non-hydrogen) atoms. The largest absolute Gasteiger partial charge is 0.449 e. The van der Waals surface area contributed by atoms with Crippen LogP contribution >= 0.6 is 19.5 Å². The van der Waals surface area contributed by atoms with Gasteiger partial charge in [0.05, 0.1) is 5.04 Å². The van der Waals surface area contributed by atoms with Crippen molar-refractivity contribution in [1.82, 2.24) is 0 Å². The van der Waals surface area contributed by atoms with Gasteiger partial charge >= 0.3 is 7.75 Å². The fourth-order valence-electron chi connectivity index (χ4n) is 1.34. The molecular formula is C11H16NO3PS. The highest BCUT2D eigenvalue weighted by Crippen LogP contribution is 2.37.